The molecule has 0 aromatic rings. The van der Waals surface area contributed by atoms with Crippen molar-refractivity contribution in [1.82, 2.24) is 0 Å². The summed E-state index contributed by atoms with van der Waals surface area (Å²) < 4.78 is 11.7. The maximum atomic E-state index is 12.2. The van der Waals surface area contributed by atoms with Gasteiger partial charge in [-0.3, -0.25) is 4.79 Å². The van der Waals surface area contributed by atoms with Crippen LogP contribution in [0.1, 0.15) is 46.0 Å². The molecule has 0 N–H and O–H groups in total. The Balaban J connectivity index is 1.76. The lowest BCUT2D eigenvalue weighted by molar-refractivity contribution is -0.164. The zero-order valence-corrected chi connectivity index (χ0v) is 11.2. The first-order valence-electron chi connectivity index (χ1n) is 7.19. The third kappa shape index (κ3) is 2.14. The van der Waals surface area contributed by atoms with Crippen LogP contribution in [0.25, 0.3) is 0 Å². The molecule has 3 heteroatoms. The first kappa shape index (κ1) is 12.4. The summed E-state index contributed by atoms with van der Waals surface area (Å²) in [6.45, 7) is 4.02. The fraction of sp³-hybridized carbons (Fsp3) is 0.800. The summed E-state index contributed by atoms with van der Waals surface area (Å²) in [5, 5.41) is 0. The molecule has 0 aromatic carbocycles. The summed E-state index contributed by atoms with van der Waals surface area (Å²) in [7, 11) is 0. The molecule has 3 aliphatic rings. The Morgan fingerprint density at radius 3 is 2.94 bits per heavy atom. The topological polar surface area (TPSA) is 35.5 Å². The summed E-state index contributed by atoms with van der Waals surface area (Å²) in [5.41, 5.74) is 1.30. The van der Waals surface area contributed by atoms with Gasteiger partial charge in [-0.1, -0.05) is 0 Å². The lowest BCUT2D eigenvalue weighted by Gasteiger charge is -2.39. The second kappa shape index (κ2) is 4.78. The number of rotatable bonds is 2. The van der Waals surface area contributed by atoms with Gasteiger partial charge in [0, 0.05) is 6.42 Å². The molecule has 1 heterocycles. The molecule has 0 spiro atoms. The fourth-order valence-electron chi connectivity index (χ4n) is 3.66. The average Bonchev–Trinajstić information content (AvgIpc) is 2.70. The number of ketones is 1. The van der Waals surface area contributed by atoms with E-state index in [1.165, 1.54) is 12.0 Å². The van der Waals surface area contributed by atoms with Crippen molar-refractivity contribution in [2.45, 2.75) is 64.4 Å². The molecule has 0 saturated heterocycles. The van der Waals surface area contributed by atoms with Crippen LogP contribution < -0.4 is 0 Å². The van der Waals surface area contributed by atoms with Gasteiger partial charge in [-0.15, -0.1) is 0 Å². The maximum Gasteiger partial charge on any atom is 0.178 e. The summed E-state index contributed by atoms with van der Waals surface area (Å²) >= 11 is 0. The molecule has 2 saturated carbocycles. The van der Waals surface area contributed by atoms with Crippen LogP contribution in [0.2, 0.25) is 0 Å². The van der Waals surface area contributed by atoms with Gasteiger partial charge in [0.2, 0.25) is 0 Å². The quantitative estimate of drug-likeness (QED) is 0.707. The Bertz CT molecular complexity index is 372. The van der Waals surface area contributed by atoms with Crippen molar-refractivity contribution in [3.63, 3.8) is 0 Å². The van der Waals surface area contributed by atoms with Crippen LogP contribution in [-0.4, -0.2) is 24.3 Å². The van der Waals surface area contributed by atoms with Crippen molar-refractivity contribution in [3.05, 3.63) is 11.6 Å². The highest BCUT2D eigenvalue weighted by atomic mass is 16.7. The van der Waals surface area contributed by atoms with E-state index in [1.54, 1.807) is 0 Å². The molecule has 4 atom stereocenters. The molecule has 3 nitrogen and oxygen atoms in total. The summed E-state index contributed by atoms with van der Waals surface area (Å²) in [6, 6.07) is 0. The molecule has 0 aromatic heterocycles. The molecule has 18 heavy (non-hydrogen) atoms. The number of hydrogen-bond acceptors (Lipinski definition) is 3. The number of fused-ring (bicyclic) bond motifs is 3. The number of carbonyl (C=O) groups is 1. The Hall–Kier alpha value is -0.670. The van der Waals surface area contributed by atoms with Gasteiger partial charge in [0.25, 0.3) is 0 Å². The normalized spacial score (nSPS) is 39.5. The van der Waals surface area contributed by atoms with Crippen molar-refractivity contribution in [3.8, 4) is 0 Å². The summed E-state index contributed by atoms with van der Waals surface area (Å²) in [6.07, 6.45) is 7.26. The molecular formula is C15H22O3. The zero-order chi connectivity index (χ0) is 12.7. The van der Waals surface area contributed by atoms with Crippen LogP contribution >= 0.6 is 0 Å². The van der Waals surface area contributed by atoms with E-state index < -0.39 is 0 Å². The lowest BCUT2D eigenvalue weighted by atomic mass is 9.67. The van der Waals surface area contributed by atoms with E-state index >= 15 is 0 Å². The van der Waals surface area contributed by atoms with Gasteiger partial charge in [0.05, 0.1) is 18.1 Å². The Kier molecular flexibility index (Phi) is 3.29. The predicted octanol–water partition coefficient (Wildman–Crippen LogP) is 2.84. The van der Waals surface area contributed by atoms with Crippen molar-refractivity contribution < 1.29 is 14.3 Å². The van der Waals surface area contributed by atoms with E-state index in [1.807, 2.05) is 13.8 Å². The van der Waals surface area contributed by atoms with Gasteiger partial charge in [-0.25, -0.2) is 0 Å². The van der Waals surface area contributed by atoms with Crippen molar-refractivity contribution in [2.24, 2.45) is 11.8 Å². The van der Waals surface area contributed by atoms with E-state index in [9.17, 15) is 4.79 Å². The number of carbonyl (C=O) groups excluding carboxylic acids is 1. The smallest absolute Gasteiger partial charge is 0.178 e. The highest BCUT2D eigenvalue weighted by molar-refractivity contribution is 5.83. The lowest BCUT2D eigenvalue weighted by Crippen LogP contribution is -2.42. The van der Waals surface area contributed by atoms with Crippen LogP contribution in [0.3, 0.4) is 0 Å². The highest BCUT2D eigenvalue weighted by Gasteiger charge is 2.46. The monoisotopic (exact) mass is 250 g/mol. The summed E-state index contributed by atoms with van der Waals surface area (Å²) in [5.74, 6) is 1.07. The largest absolute Gasteiger partial charge is 0.346 e. The highest BCUT2D eigenvalue weighted by Crippen LogP contribution is 2.45. The van der Waals surface area contributed by atoms with E-state index in [0.29, 0.717) is 11.7 Å². The molecule has 0 radical (unpaired) electrons. The Morgan fingerprint density at radius 1 is 1.33 bits per heavy atom. The van der Waals surface area contributed by atoms with Crippen LogP contribution in [0, 0.1) is 11.8 Å². The van der Waals surface area contributed by atoms with E-state index in [0.717, 1.165) is 25.7 Å². The standard InChI is InChI=1S/C15H22O3/c1-9(2)17-13-8-11-7-6-10-4-3-5-12(16)14(10)15(11)18-13/h8-10,13-15H,3-7H2,1-2H3/t10-,13?,14+,15-/m1/s1. The molecule has 0 bridgehead atoms. The molecule has 0 amide bonds. The van der Waals surface area contributed by atoms with Crippen molar-refractivity contribution in [1.29, 1.82) is 0 Å². The van der Waals surface area contributed by atoms with Gasteiger partial charge in [-0.2, -0.15) is 0 Å². The minimum absolute atomic E-state index is 0.0142. The minimum atomic E-state index is -0.238. The molecule has 1 aliphatic heterocycles. The van der Waals surface area contributed by atoms with Crippen LogP contribution in [0.5, 0.6) is 0 Å². The maximum absolute atomic E-state index is 12.2. The Morgan fingerprint density at radius 2 is 2.17 bits per heavy atom. The van der Waals surface area contributed by atoms with Crippen molar-refractivity contribution >= 4 is 5.78 Å². The molecule has 1 unspecified atom stereocenters. The van der Waals surface area contributed by atoms with E-state index in [4.69, 9.17) is 9.47 Å². The zero-order valence-electron chi connectivity index (χ0n) is 11.2. The first-order valence-corrected chi connectivity index (χ1v) is 7.19. The van der Waals surface area contributed by atoms with Gasteiger partial charge in [0.1, 0.15) is 5.78 Å². The predicted molar refractivity (Wildman–Crippen MR) is 68.0 cm³/mol. The second-order valence-corrected chi connectivity index (χ2v) is 6.03. The minimum Gasteiger partial charge on any atom is -0.346 e. The number of ether oxygens (including phenoxy) is 2. The van der Waals surface area contributed by atoms with E-state index in [-0.39, 0.29) is 24.4 Å². The van der Waals surface area contributed by atoms with Gasteiger partial charge in [0.15, 0.2) is 6.29 Å². The van der Waals surface area contributed by atoms with Gasteiger partial charge in [-0.05, 0) is 57.1 Å². The number of hydrogen-bond donors (Lipinski definition) is 0. The fourth-order valence-corrected chi connectivity index (χ4v) is 3.66. The van der Waals surface area contributed by atoms with Gasteiger partial charge < -0.3 is 9.47 Å². The molecule has 2 fully saturated rings. The third-order valence-corrected chi connectivity index (χ3v) is 4.41. The van der Waals surface area contributed by atoms with Crippen LogP contribution in [0.4, 0.5) is 0 Å². The summed E-state index contributed by atoms with van der Waals surface area (Å²) in [4.78, 5) is 12.2. The number of Topliss-reactive ketones (excluding diaryl/α,β-unsaturated/α-hetero) is 1. The van der Waals surface area contributed by atoms with E-state index in [2.05, 4.69) is 6.08 Å². The first-order chi connectivity index (χ1) is 8.65. The van der Waals surface area contributed by atoms with Crippen LogP contribution in [-0.2, 0) is 14.3 Å². The third-order valence-electron chi connectivity index (χ3n) is 4.41. The van der Waals surface area contributed by atoms with Gasteiger partial charge >= 0.3 is 0 Å². The van der Waals surface area contributed by atoms with Crippen LogP contribution in [0.15, 0.2) is 11.6 Å². The SMILES string of the molecule is CC(C)OC1C=C2CC[C@H]3CCCC(=O)[C@H]3[C@@H]2O1. The molecule has 100 valence electrons. The van der Waals surface area contributed by atoms with Crippen molar-refractivity contribution in [2.75, 3.05) is 0 Å². The molecule has 2 aliphatic carbocycles. The average molecular weight is 250 g/mol. The second-order valence-electron chi connectivity index (χ2n) is 6.03. The molecular weight excluding hydrogens is 228 g/mol. The molecule has 3 rings (SSSR count). The Labute approximate surface area is 109 Å².